The molecule has 0 bridgehead atoms. The van der Waals surface area contributed by atoms with Gasteiger partial charge < -0.3 is 0 Å². The molecule has 19 heavy (non-hydrogen) atoms. The summed E-state index contributed by atoms with van der Waals surface area (Å²) in [7, 11) is -3.02. The summed E-state index contributed by atoms with van der Waals surface area (Å²) in [6.07, 6.45) is 0. The summed E-state index contributed by atoms with van der Waals surface area (Å²) in [4.78, 5) is 2.39. The highest BCUT2D eigenvalue weighted by Crippen LogP contribution is 2.42. The van der Waals surface area contributed by atoms with Crippen molar-refractivity contribution in [3.8, 4) is 0 Å². The van der Waals surface area contributed by atoms with Crippen LogP contribution >= 0.6 is 0 Å². The molecule has 114 valence electrons. The summed E-state index contributed by atoms with van der Waals surface area (Å²) in [6, 6.07) is 0.454. The Morgan fingerprint density at radius 3 is 1.79 bits per heavy atom. The van der Waals surface area contributed by atoms with E-state index in [4.69, 9.17) is 0 Å². The van der Waals surface area contributed by atoms with Gasteiger partial charge in [0.2, 0.25) is 0 Å². The van der Waals surface area contributed by atoms with Crippen molar-refractivity contribution in [1.29, 1.82) is 0 Å². The van der Waals surface area contributed by atoms with Gasteiger partial charge in [0.25, 0.3) is 0 Å². The summed E-state index contributed by atoms with van der Waals surface area (Å²) in [5.74, 6) is 0.291. The van der Waals surface area contributed by atoms with Crippen LogP contribution in [0.3, 0.4) is 0 Å². The average Bonchev–Trinajstić information content (AvgIpc) is 2.11. The fourth-order valence-corrected chi connectivity index (χ4v) is 6.17. The first-order valence-electron chi connectivity index (χ1n) is 7.26. The maximum absolute atomic E-state index is 12.6. The van der Waals surface area contributed by atoms with Crippen molar-refractivity contribution in [2.24, 2.45) is 10.8 Å². The molecule has 0 aromatic rings. The minimum atomic E-state index is -3.02. The van der Waals surface area contributed by atoms with E-state index >= 15 is 0 Å². The Morgan fingerprint density at radius 2 is 1.47 bits per heavy atom. The third kappa shape index (κ3) is 3.52. The lowest BCUT2D eigenvalue weighted by molar-refractivity contribution is 0.0412. The Morgan fingerprint density at radius 1 is 1.00 bits per heavy atom. The minimum Gasteiger partial charge on any atom is -0.295 e. The highest BCUT2D eigenvalue weighted by atomic mass is 32.2. The van der Waals surface area contributed by atoms with Gasteiger partial charge >= 0.3 is 0 Å². The molecule has 1 fully saturated rings. The Bertz CT molecular complexity index is 412. The smallest absolute Gasteiger partial charge is 0.156 e. The quantitative estimate of drug-likeness (QED) is 0.745. The number of hydrogen-bond donors (Lipinski definition) is 0. The monoisotopic (exact) mass is 289 g/mol. The fraction of sp³-hybridized carbons (Fsp3) is 1.00. The highest BCUT2D eigenvalue weighted by molar-refractivity contribution is 7.92. The molecule has 0 saturated carbocycles. The van der Waals surface area contributed by atoms with Gasteiger partial charge in [0.1, 0.15) is 0 Å². The molecule has 1 heterocycles. The molecule has 0 spiro atoms. The standard InChI is InChI=1S/C15H31NO2S/c1-11(2)16-9-10-19(17,18)13(15(6,7)8)12(16)14(3,4)5/h11-13H,9-10H2,1-8H3. The summed E-state index contributed by atoms with van der Waals surface area (Å²) in [6.45, 7) is 17.6. The Kier molecular flexibility index (Phi) is 4.49. The third-order valence-corrected chi connectivity index (χ3v) is 6.56. The van der Waals surface area contributed by atoms with Gasteiger partial charge in [-0.2, -0.15) is 0 Å². The first-order valence-corrected chi connectivity index (χ1v) is 8.97. The molecule has 0 radical (unpaired) electrons. The second kappa shape index (κ2) is 5.03. The third-order valence-electron chi connectivity index (χ3n) is 4.07. The van der Waals surface area contributed by atoms with Crippen LogP contribution in [0.15, 0.2) is 0 Å². The molecule has 0 aliphatic carbocycles. The molecule has 2 unspecified atom stereocenters. The van der Waals surface area contributed by atoms with E-state index in [1.54, 1.807) is 0 Å². The van der Waals surface area contributed by atoms with Crippen molar-refractivity contribution >= 4 is 9.84 Å². The predicted octanol–water partition coefficient (Wildman–Crippen LogP) is 2.95. The van der Waals surface area contributed by atoms with Crippen molar-refractivity contribution in [2.75, 3.05) is 12.3 Å². The lowest BCUT2D eigenvalue weighted by Crippen LogP contribution is -2.64. The Hall–Kier alpha value is -0.0900. The van der Waals surface area contributed by atoms with Crippen molar-refractivity contribution < 1.29 is 8.42 Å². The highest BCUT2D eigenvalue weighted by Gasteiger charge is 2.52. The molecule has 1 aliphatic rings. The Labute approximate surface area is 119 Å². The summed E-state index contributed by atoms with van der Waals surface area (Å²) in [5, 5.41) is -0.295. The minimum absolute atomic E-state index is 0.0459. The van der Waals surface area contributed by atoms with Crippen LogP contribution < -0.4 is 0 Å². The number of sulfone groups is 1. The van der Waals surface area contributed by atoms with Crippen molar-refractivity contribution in [1.82, 2.24) is 4.90 Å². The van der Waals surface area contributed by atoms with Crippen molar-refractivity contribution in [3.05, 3.63) is 0 Å². The average molecular weight is 289 g/mol. The van der Waals surface area contributed by atoms with Crippen LogP contribution in [0, 0.1) is 10.8 Å². The van der Waals surface area contributed by atoms with E-state index < -0.39 is 9.84 Å². The van der Waals surface area contributed by atoms with Crippen LogP contribution in [0.5, 0.6) is 0 Å². The zero-order valence-electron chi connectivity index (χ0n) is 13.8. The SMILES string of the molecule is CC(C)N1CCS(=O)(=O)C(C(C)(C)C)C1C(C)(C)C. The first-order chi connectivity index (χ1) is 8.28. The molecular formula is C15H31NO2S. The number of nitrogens with zero attached hydrogens (tertiary/aromatic N) is 1. The van der Waals surface area contributed by atoms with Gasteiger partial charge in [-0.15, -0.1) is 0 Å². The first kappa shape index (κ1) is 17.0. The topological polar surface area (TPSA) is 37.4 Å². The maximum Gasteiger partial charge on any atom is 0.156 e. The zero-order valence-corrected chi connectivity index (χ0v) is 14.6. The molecule has 2 atom stereocenters. The van der Waals surface area contributed by atoms with Crippen LogP contribution in [0.4, 0.5) is 0 Å². The van der Waals surface area contributed by atoms with Crippen LogP contribution in [-0.2, 0) is 9.84 Å². The van der Waals surface area contributed by atoms with E-state index in [2.05, 4.69) is 60.3 Å². The second-order valence-corrected chi connectivity index (χ2v) is 10.5. The summed E-state index contributed by atoms with van der Waals surface area (Å²) < 4.78 is 25.3. The number of rotatable bonds is 1. The van der Waals surface area contributed by atoms with Crippen molar-refractivity contribution in [2.45, 2.75) is 72.7 Å². The molecule has 1 rings (SSSR count). The molecule has 0 amide bonds. The maximum atomic E-state index is 12.6. The van der Waals surface area contributed by atoms with E-state index in [1.807, 2.05) is 0 Å². The predicted molar refractivity (Wildman–Crippen MR) is 82.1 cm³/mol. The fourth-order valence-electron chi connectivity index (χ4n) is 3.41. The second-order valence-electron chi connectivity index (χ2n) is 8.30. The van der Waals surface area contributed by atoms with Crippen molar-refractivity contribution in [3.63, 3.8) is 0 Å². The summed E-state index contributed by atoms with van der Waals surface area (Å²) >= 11 is 0. The van der Waals surface area contributed by atoms with Gasteiger partial charge in [-0.1, -0.05) is 41.5 Å². The van der Waals surface area contributed by atoms with Gasteiger partial charge in [0.15, 0.2) is 9.84 Å². The van der Waals surface area contributed by atoms with Crippen LogP contribution in [0.1, 0.15) is 55.4 Å². The van der Waals surface area contributed by atoms with Gasteiger partial charge in [0, 0.05) is 18.6 Å². The van der Waals surface area contributed by atoms with Crippen LogP contribution in [-0.4, -0.2) is 42.9 Å². The molecule has 0 N–H and O–H groups in total. The summed E-state index contributed by atoms with van der Waals surface area (Å²) in [5.41, 5.74) is -0.278. The van der Waals surface area contributed by atoms with E-state index in [0.29, 0.717) is 18.3 Å². The number of hydrogen-bond acceptors (Lipinski definition) is 3. The van der Waals surface area contributed by atoms with Crippen LogP contribution in [0.2, 0.25) is 0 Å². The van der Waals surface area contributed by atoms with E-state index in [0.717, 1.165) is 0 Å². The van der Waals surface area contributed by atoms with E-state index in [-0.39, 0.29) is 22.1 Å². The molecule has 4 heteroatoms. The molecule has 1 aliphatic heterocycles. The largest absolute Gasteiger partial charge is 0.295 e. The normalized spacial score (nSPS) is 29.7. The molecule has 0 aromatic heterocycles. The van der Waals surface area contributed by atoms with Gasteiger partial charge in [-0.25, -0.2) is 8.42 Å². The molecular weight excluding hydrogens is 258 g/mol. The lowest BCUT2D eigenvalue weighted by Gasteiger charge is -2.53. The van der Waals surface area contributed by atoms with E-state index in [9.17, 15) is 8.42 Å². The van der Waals surface area contributed by atoms with Gasteiger partial charge in [0.05, 0.1) is 11.0 Å². The molecule has 3 nitrogen and oxygen atoms in total. The van der Waals surface area contributed by atoms with Crippen LogP contribution in [0.25, 0.3) is 0 Å². The zero-order chi connectivity index (χ0) is 15.2. The molecule has 0 aromatic carbocycles. The lowest BCUT2D eigenvalue weighted by atomic mass is 9.75. The Balaban J connectivity index is 3.38. The molecule has 1 saturated heterocycles. The van der Waals surface area contributed by atoms with Gasteiger partial charge in [-0.05, 0) is 24.7 Å². The van der Waals surface area contributed by atoms with E-state index in [1.165, 1.54) is 0 Å². The van der Waals surface area contributed by atoms with Gasteiger partial charge in [-0.3, -0.25) is 4.90 Å².